The zero-order chi connectivity index (χ0) is 13.2. The van der Waals surface area contributed by atoms with Crippen molar-refractivity contribution in [1.29, 1.82) is 5.26 Å². The van der Waals surface area contributed by atoms with Crippen LogP contribution in [0.3, 0.4) is 0 Å². The van der Waals surface area contributed by atoms with Crippen LogP contribution in [0.1, 0.15) is 31.7 Å². The lowest BCUT2D eigenvalue weighted by Gasteiger charge is -2.28. The predicted octanol–water partition coefficient (Wildman–Crippen LogP) is 2.61. The number of rotatable bonds is 3. The van der Waals surface area contributed by atoms with Crippen LogP contribution in [0, 0.1) is 16.7 Å². The summed E-state index contributed by atoms with van der Waals surface area (Å²) in [6, 6.07) is 9.19. The highest BCUT2D eigenvalue weighted by atomic mass is 16.4. The van der Waals surface area contributed by atoms with Gasteiger partial charge in [-0.3, -0.25) is 4.79 Å². The maximum Gasteiger partial charge on any atom is 0.311 e. The molecule has 18 heavy (non-hydrogen) atoms. The second kappa shape index (κ2) is 4.69. The van der Waals surface area contributed by atoms with Crippen molar-refractivity contribution in [2.45, 2.75) is 32.2 Å². The van der Waals surface area contributed by atoms with E-state index in [1.807, 2.05) is 12.1 Å². The van der Waals surface area contributed by atoms with E-state index in [2.05, 4.69) is 11.4 Å². The largest absolute Gasteiger partial charge is 0.481 e. The first-order valence-corrected chi connectivity index (χ1v) is 6.07. The van der Waals surface area contributed by atoms with E-state index in [4.69, 9.17) is 5.26 Å². The first-order chi connectivity index (χ1) is 8.58. The van der Waals surface area contributed by atoms with Gasteiger partial charge in [0.05, 0.1) is 16.7 Å². The molecule has 4 nitrogen and oxygen atoms in total. The van der Waals surface area contributed by atoms with Gasteiger partial charge < -0.3 is 10.4 Å². The van der Waals surface area contributed by atoms with Gasteiger partial charge >= 0.3 is 5.97 Å². The molecule has 1 aliphatic carbocycles. The number of para-hydroxylation sites is 1. The summed E-state index contributed by atoms with van der Waals surface area (Å²) in [5.41, 5.74) is 0.527. The number of aliphatic carboxylic acids is 1. The van der Waals surface area contributed by atoms with E-state index >= 15 is 0 Å². The Bertz CT molecular complexity index is 507. The molecule has 2 atom stereocenters. The number of carboxylic acid groups (broad SMARTS) is 1. The lowest BCUT2D eigenvalue weighted by atomic mass is 9.84. The Labute approximate surface area is 106 Å². The molecular weight excluding hydrogens is 228 g/mol. The fraction of sp³-hybridized carbons (Fsp3) is 0.429. The SMILES string of the molecule is CC1(C(=O)O)CCCC1Nc1ccccc1C#N. The second-order valence-electron chi connectivity index (χ2n) is 4.97. The summed E-state index contributed by atoms with van der Waals surface area (Å²) in [6.07, 6.45) is 2.40. The zero-order valence-electron chi connectivity index (χ0n) is 10.3. The number of benzene rings is 1. The molecule has 0 spiro atoms. The lowest BCUT2D eigenvalue weighted by molar-refractivity contribution is -0.147. The van der Waals surface area contributed by atoms with Crippen molar-refractivity contribution in [2.24, 2.45) is 5.41 Å². The van der Waals surface area contributed by atoms with Gasteiger partial charge in [0.2, 0.25) is 0 Å². The van der Waals surface area contributed by atoms with Crippen molar-refractivity contribution in [2.75, 3.05) is 5.32 Å². The molecule has 0 radical (unpaired) electrons. The summed E-state index contributed by atoms with van der Waals surface area (Å²) in [5.74, 6) is -0.771. The van der Waals surface area contributed by atoms with E-state index in [1.165, 1.54) is 0 Å². The minimum Gasteiger partial charge on any atom is -0.481 e. The summed E-state index contributed by atoms with van der Waals surface area (Å²) in [5, 5.41) is 21.6. The predicted molar refractivity (Wildman–Crippen MR) is 68.2 cm³/mol. The third-order valence-electron chi connectivity index (χ3n) is 3.82. The molecular formula is C14H16N2O2. The summed E-state index contributed by atoms with van der Waals surface area (Å²) in [4.78, 5) is 11.4. The lowest BCUT2D eigenvalue weighted by Crippen LogP contribution is -2.40. The number of hydrogen-bond acceptors (Lipinski definition) is 3. The third-order valence-corrected chi connectivity index (χ3v) is 3.82. The monoisotopic (exact) mass is 244 g/mol. The number of nitrogens with one attached hydrogen (secondary N) is 1. The number of nitriles is 1. The van der Waals surface area contributed by atoms with Crippen molar-refractivity contribution in [3.63, 3.8) is 0 Å². The molecule has 2 N–H and O–H groups in total. The molecule has 1 aromatic carbocycles. The summed E-state index contributed by atoms with van der Waals surface area (Å²) in [7, 11) is 0. The van der Waals surface area contributed by atoms with E-state index in [0.29, 0.717) is 12.0 Å². The second-order valence-corrected chi connectivity index (χ2v) is 4.97. The Hall–Kier alpha value is -2.02. The van der Waals surface area contributed by atoms with Gasteiger partial charge in [-0.1, -0.05) is 18.6 Å². The van der Waals surface area contributed by atoms with Gasteiger partial charge in [0.1, 0.15) is 6.07 Å². The Morgan fingerprint density at radius 3 is 2.94 bits per heavy atom. The Morgan fingerprint density at radius 2 is 2.28 bits per heavy atom. The maximum absolute atomic E-state index is 11.4. The minimum absolute atomic E-state index is 0.121. The molecule has 2 rings (SSSR count). The van der Waals surface area contributed by atoms with Crippen LogP contribution in [0.2, 0.25) is 0 Å². The van der Waals surface area contributed by atoms with Crippen LogP contribution in [0.4, 0.5) is 5.69 Å². The molecule has 2 unspecified atom stereocenters. The zero-order valence-corrected chi connectivity index (χ0v) is 10.3. The number of carbonyl (C=O) groups is 1. The molecule has 0 saturated heterocycles. The van der Waals surface area contributed by atoms with Crippen molar-refractivity contribution in [1.82, 2.24) is 0 Å². The van der Waals surface area contributed by atoms with Crippen molar-refractivity contribution < 1.29 is 9.90 Å². The summed E-state index contributed by atoms with van der Waals surface area (Å²) in [6.45, 7) is 1.77. The molecule has 1 aromatic rings. The van der Waals surface area contributed by atoms with Gasteiger partial charge in [-0.15, -0.1) is 0 Å². The molecule has 1 fully saturated rings. The quantitative estimate of drug-likeness (QED) is 0.857. The first-order valence-electron chi connectivity index (χ1n) is 6.07. The highest BCUT2D eigenvalue weighted by Crippen LogP contribution is 2.40. The molecule has 0 aliphatic heterocycles. The third kappa shape index (κ3) is 2.04. The van der Waals surface area contributed by atoms with Gasteiger partial charge in [-0.05, 0) is 31.9 Å². The van der Waals surface area contributed by atoms with Crippen LogP contribution in [0.15, 0.2) is 24.3 Å². The molecule has 4 heteroatoms. The molecule has 1 aliphatic rings. The van der Waals surface area contributed by atoms with E-state index in [1.54, 1.807) is 19.1 Å². The van der Waals surface area contributed by atoms with Gasteiger partial charge in [0, 0.05) is 6.04 Å². The fourth-order valence-corrected chi connectivity index (χ4v) is 2.55. The van der Waals surface area contributed by atoms with Crippen LogP contribution in [0.5, 0.6) is 0 Å². The molecule has 0 bridgehead atoms. The Balaban J connectivity index is 2.24. The summed E-state index contributed by atoms with van der Waals surface area (Å²) >= 11 is 0. The maximum atomic E-state index is 11.4. The average Bonchev–Trinajstić information content (AvgIpc) is 2.73. The number of hydrogen-bond donors (Lipinski definition) is 2. The smallest absolute Gasteiger partial charge is 0.311 e. The van der Waals surface area contributed by atoms with Crippen LogP contribution >= 0.6 is 0 Å². The van der Waals surface area contributed by atoms with Crippen molar-refractivity contribution in [3.05, 3.63) is 29.8 Å². The van der Waals surface area contributed by atoms with Crippen LogP contribution < -0.4 is 5.32 Å². The topological polar surface area (TPSA) is 73.1 Å². The number of carboxylic acids is 1. The minimum atomic E-state index is -0.771. The first kappa shape index (κ1) is 12.4. The van der Waals surface area contributed by atoms with Crippen LogP contribution in [-0.2, 0) is 4.79 Å². The summed E-state index contributed by atoms with van der Waals surface area (Å²) < 4.78 is 0. The molecule has 0 heterocycles. The van der Waals surface area contributed by atoms with Crippen molar-refractivity contribution >= 4 is 11.7 Å². The van der Waals surface area contributed by atoms with E-state index in [9.17, 15) is 9.90 Å². The van der Waals surface area contributed by atoms with E-state index < -0.39 is 11.4 Å². The number of nitrogens with zero attached hydrogens (tertiary/aromatic N) is 1. The van der Waals surface area contributed by atoms with Gasteiger partial charge in [-0.2, -0.15) is 5.26 Å². The molecule has 0 aromatic heterocycles. The van der Waals surface area contributed by atoms with Gasteiger partial charge in [-0.25, -0.2) is 0 Å². The van der Waals surface area contributed by atoms with Crippen molar-refractivity contribution in [3.8, 4) is 6.07 Å². The Kier molecular flexibility index (Phi) is 3.24. The van der Waals surface area contributed by atoms with Gasteiger partial charge in [0.15, 0.2) is 0 Å². The van der Waals surface area contributed by atoms with Crippen LogP contribution in [0.25, 0.3) is 0 Å². The highest BCUT2D eigenvalue weighted by molar-refractivity contribution is 5.76. The molecule has 94 valence electrons. The Morgan fingerprint density at radius 1 is 1.56 bits per heavy atom. The molecule has 0 amide bonds. The highest BCUT2D eigenvalue weighted by Gasteiger charge is 2.45. The standard InChI is InChI=1S/C14H16N2O2/c1-14(13(17)18)8-4-7-12(14)16-11-6-3-2-5-10(11)9-15/h2-3,5-6,12,16H,4,7-8H2,1H3,(H,17,18). The van der Waals surface area contributed by atoms with E-state index in [-0.39, 0.29) is 6.04 Å². The normalized spacial score (nSPS) is 26.6. The van der Waals surface area contributed by atoms with E-state index in [0.717, 1.165) is 18.5 Å². The van der Waals surface area contributed by atoms with Gasteiger partial charge in [0.25, 0.3) is 0 Å². The van der Waals surface area contributed by atoms with Crippen LogP contribution in [-0.4, -0.2) is 17.1 Å². The average molecular weight is 244 g/mol. The molecule has 1 saturated carbocycles. The fourth-order valence-electron chi connectivity index (χ4n) is 2.55. The number of anilines is 1.